The van der Waals surface area contributed by atoms with E-state index in [1.54, 1.807) is 42.5 Å². The summed E-state index contributed by atoms with van der Waals surface area (Å²) >= 11 is 12.1. The number of rotatable bonds is 3. The summed E-state index contributed by atoms with van der Waals surface area (Å²) in [5.41, 5.74) is 1.98. The number of carbonyl (C=O) groups excluding carboxylic acids is 1. The van der Waals surface area contributed by atoms with Crippen molar-refractivity contribution >= 4 is 46.1 Å². The first-order valence-electron chi connectivity index (χ1n) is 6.43. The molecule has 0 radical (unpaired) electrons. The zero-order valence-corrected chi connectivity index (χ0v) is 12.7. The van der Waals surface area contributed by atoms with Crippen LogP contribution in [0.2, 0.25) is 10.0 Å². The van der Waals surface area contributed by atoms with E-state index < -0.39 is 0 Å². The van der Waals surface area contributed by atoms with Crippen molar-refractivity contribution in [1.29, 1.82) is 0 Å². The van der Waals surface area contributed by atoms with E-state index in [9.17, 15) is 9.59 Å². The van der Waals surface area contributed by atoms with Crippen molar-refractivity contribution in [2.24, 2.45) is 0 Å². The van der Waals surface area contributed by atoms with Gasteiger partial charge in [-0.2, -0.15) is 0 Å². The molecule has 2 N–H and O–H groups in total. The largest absolute Gasteiger partial charge is 0.323 e. The van der Waals surface area contributed by atoms with E-state index >= 15 is 0 Å². The number of benzene rings is 2. The molecule has 6 heteroatoms. The van der Waals surface area contributed by atoms with Gasteiger partial charge in [0.05, 0.1) is 11.0 Å². The maximum absolute atomic E-state index is 12.2. The third-order valence-corrected chi connectivity index (χ3v) is 3.86. The molecular weight excluding hydrogens is 323 g/mol. The van der Waals surface area contributed by atoms with Gasteiger partial charge in [0.2, 0.25) is 0 Å². The minimum absolute atomic E-state index is 0.208. The maximum atomic E-state index is 12.2. The second-order valence-corrected chi connectivity index (χ2v) is 5.49. The van der Waals surface area contributed by atoms with Crippen molar-refractivity contribution in [3.05, 3.63) is 74.1 Å². The highest BCUT2D eigenvalue weighted by molar-refractivity contribution is 6.37. The van der Waals surface area contributed by atoms with Gasteiger partial charge in [-0.1, -0.05) is 29.3 Å². The Hall–Kier alpha value is -2.30. The molecule has 4 nitrogen and oxygen atoms in total. The summed E-state index contributed by atoms with van der Waals surface area (Å²) in [5, 5.41) is 0.948. The van der Waals surface area contributed by atoms with Gasteiger partial charge in [-0.25, -0.2) is 4.79 Å². The average molecular weight is 333 g/mol. The molecule has 2 aromatic carbocycles. The Morgan fingerprint density at radius 1 is 1.00 bits per heavy atom. The Morgan fingerprint density at radius 3 is 2.41 bits per heavy atom. The van der Waals surface area contributed by atoms with Crippen molar-refractivity contribution in [2.75, 3.05) is 0 Å². The van der Waals surface area contributed by atoms with Crippen LogP contribution in [0.15, 0.2) is 47.3 Å². The molecule has 0 atom stereocenters. The van der Waals surface area contributed by atoms with Gasteiger partial charge in [-0.05, 0) is 42.5 Å². The van der Waals surface area contributed by atoms with Crippen LogP contribution in [-0.4, -0.2) is 15.8 Å². The molecule has 1 heterocycles. The number of halogens is 2. The van der Waals surface area contributed by atoms with Gasteiger partial charge < -0.3 is 9.97 Å². The number of carbonyl (C=O) groups is 1. The first kappa shape index (κ1) is 14.6. The van der Waals surface area contributed by atoms with E-state index in [-0.39, 0.29) is 11.5 Å². The average Bonchev–Trinajstić information content (AvgIpc) is 2.85. The molecule has 0 aliphatic carbocycles. The fourth-order valence-electron chi connectivity index (χ4n) is 2.11. The molecule has 0 saturated carbocycles. The Balaban J connectivity index is 1.92. The van der Waals surface area contributed by atoms with Crippen LogP contribution in [0.4, 0.5) is 0 Å². The van der Waals surface area contributed by atoms with Gasteiger partial charge >= 0.3 is 5.69 Å². The maximum Gasteiger partial charge on any atom is 0.323 e. The number of hydrogen-bond donors (Lipinski definition) is 2. The Kier molecular flexibility index (Phi) is 3.88. The molecule has 0 amide bonds. The lowest BCUT2D eigenvalue weighted by atomic mass is 10.1. The van der Waals surface area contributed by atoms with Crippen LogP contribution in [-0.2, 0) is 0 Å². The highest BCUT2D eigenvalue weighted by atomic mass is 35.5. The molecule has 0 fully saturated rings. The number of imidazole rings is 1. The smallest absolute Gasteiger partial charge is 0.306 e. The van der Waals surface area contributed by atoms with Crippen LogP contribution in [0.25, 0.3) is 17.1 Å². The first-order valence-corrected chi connectivity index (χ1v) is 7.18. The molecule has 0 spiro atoms. The standard InChI is InChI=1S/C16H10Cl2N2O2/c17-11-2-1-3-12(18)10(11)5-7-15(21)9-4-6-13-14(8-9)20-16(22)19-13/h1-8H,(H2,19,20,22). The number of allylic oxidation sites excluding steroid dienone is 1. The molecular formula is C16H10Cl2N2O2. The van der Waals surface area contributed by atoms with Crippen LogP contribution in [0.1, 0.15) is 15.9 Å². The molecule has 110 valence electrons. The molecule has 3 aromatic rings. The summed E-state index contributed by atoms with van der Waals surface area (Å²) in [7, 11) is 0. The van der Waals surface area contributed by atoms with E-state index in [1.165, 1.54) is 6.08 Å². The Bertz CT molecular complexity index is 934. The SMILES string of the molecule is O=C(C=Cc1c(Cl)cccc1Cl)c1ccc2[nH]c(=O)[nH]c2c1. The number of aromatic amines is 2. The Labute approximate surface area is 135 Å². The lowest BCUT2D eigenvalue weighted by Gasteiger charge is -2.01. The van der Waals surface area contributed by atoms with Crippen molar-refractivity contribution in [3.63, 3.8) is 0 Å². The molecule has 22 heavy (non-hydrogen) atoms. The zero-order chi connectivity index (χ0) is 15.7. The molecule has 0 unspecified atom stereocenters. The number of aromatic nitrogens is 2. The van der Waals surface area contributed by atoms with Crippen molar-refractivity contribution < 1.29 is 4.79 Å². The number of ketones is 1. The number of H-pyrrole nitrogens is 2. The van der Waals surface area contributed by atoms with Gasteiger partial charge in [-0.15, -0.1) is 0 Å². The van der Waals surface area contributed by atoms with E-state index in [0.717, 1.165) is 0 Å². The minimum atomic E-state index is -0.307. The molecule has 0 aliphatic heterocycles. The molecule has 0 aliphatic rings. The monoisotopic (exact) mass is 332 g/mol. The van der Waals surface area contributed by atoms with E-state index in [0.29, 0.717) is 32.2 Å². The third-order valence-electron chi connectivity index (χ3n) is 3.20. The van der Waals surface area contributed by atoms with Crippen LogP contribution in [0.3, 0.4) is 0 Å². The lowest BCUT2D eigenvalue weighted by Crippen LogP contribution is -1.99. The molecule has 0 saturated heterocycles. The van der Waals surface area contributed by atoms with Crippen LogP contribution < -0.4 is 5.69 Å². The van der Waals surface area contributed by atoms with Gasteiger partial charge in [0, 0.05) is 21.2 Å². The van der Waals surface area contributed by atoms with Crippen LogP contribution >= 0.6 is 23.2 Å². The quantitative estimate of drug-likeness (QED) is 0.561. The van der Waals surface area contributed by atoms with E-state index in [2.05, 4.69) is 9.97 Å². The van der Waals surface area contributed by atoms with E-state index in [1.807, 2.05) is 0 Å². The second kappa shape index (κ2) is 5.83. The van der Waals surface area contributed by atoms with Gasteiger partial charge in [-0.3, -0.25) is 4.79 Å². The van der Waals surface area contributed by atoms with Crippen molar-refractivity contribution in [1.82, 2.24) is 9.97 Å². The third kappa shape index (κ3) is 2.84. The van der Waals surface area contributed by atoms with E-state index in [4.69, 9.17) is 23.2 Å². The number of hydrogen-bond acceptors (Lipinski definition) is 2. The molecule has 0 bridgehead atoms. The summed E-state index contributed by atoms with van der Waals surface area (Å²) in [6.45, 7) is 0. The predicted octanol–water partition coefficient (Wildman–Crippen LogP) is 4.06. The summed E-state index contributed by atoms with van der Waals surface area (Å²) in [6, 6.07) is 10.1. The zero-order valence-electron chi connectivity index (χ0n) is 11.2. The summed E-state index contributed by atoms with van der Waals surface area (Å²) in [4.78, 5) is 28.7. The molecule has 3 rings (SSSR count). The van der Waals surface area contributed by atoms with Gasteiger partial charge in [0.15, 0.2) is 5.78 Å². The lowest BCUT2D eigenvalue weighted by molar-refractivity contribution is 0.104. The highest BCUT2D eigenvalue weighted by Crippen LogP contribution is 2.25. The highest BCUT2D eigenvalue weighted by Gasteiger charge is 2.07. The molecule has 1 aromatic heterocycles. The van der Waals surface area contributed by atoms with Crippen molar-refractivity contribution in [3.8, 4) is 0 Å². The number of fused-ring (bicyclic) bond motifs is 1. The number of nitrogens with one attached hydrogen (secondary N) is 2. The van der Waals surface area contributed by atoms with Crippen LogP contribution in [0.5, 0.6) is 0 Å². The minimum Gasteiger partial charge on any atom is -0.306 e. The second-order valence-electron chi connectivity index (χ2n) is 4.67. The van der Waals surface area contributed by atoms with Gasteiger partial charge in [0.25, 0.3) is 0 Å². The summed E-state index contributed by atoms with van der Waals surface area (Å²) in [6.07, 6.45) is 2.98. The topological polar surface area (TPSA) is 65.7 Å². The van der Waals surface area contributed by atoms with Crippen LogP contribution in [0, 0.1) is 0 Å². The van der Waals surface area contributed by atoms with Crippen molar-refractivity contribution in [2.45, 2.75) is 0 Å². The normalized spacial score (nSPS) is 11.4. The Morgan fingerprint density at radius 2 is 1.68 bits per heavy atom. The first-order chi connectivity index (χ1) is 10.5. The summed E-state index contributed by atoms with van der Waals surface area (Å²) < 4.78 is 0. The van der Waals surface area contributed by atoms with Gasteiger partial charge in [0.1, 0.15) is 0 Å². The summed E-state index contributed by atoms with van der Waals surface area (Å²) in [5.74, 6) is -0.208. The predicted molar refractivity (Wildman–Crippen MR) is 88.7 cm³/mol. The fourth-order valence-corrected chi connectivity index (χ4v) is 2.63. The fraction of sp³-hybridized carbons (Fsp3) is 0.